The van der Waals surface area contributed by atoms with Crippen molar-refractivity contribution in [3.05, 3.63) is 25.3 Å². The summed E-state index contributed by atoms with van der Waals surface area (Å²) in [5, 5.41) is 0. The van der Waals surface area contributed by atoms with Gasteiger partial charge in [-0.05, 0) is 6.42 Å². The normalized spacial score (nSPS) is 9.28. The van der Waals surface area contributed by atoms with Gasteiger partial charge in [0, 0.05) is 34.8 Å². The molecule has 0 unspecified atom stereocenters. The van der Waals surface area contributed by atoms with Gasteiger partial charge >= 0.3 is 29.8 Å². The Morgan fingerprint density at radius 1 is 0.466 bits per heavy atom. The molecular formula is C42H84O13S3. The number of hydrogen-bond acceptors (Lipinski definition) is 16. The molecule has 0 radical (unpaired) electrons. The molecule has 16 heteroatoms. The number of unbranched alkanes of at least 4 members (excludes halogenated alkanes) is 1. The van der Waals surface area contributed by atoms with Crippen LogP contribution in [0.5, 0.6) is 0 Å². The number of ether oxygens (including phenoxy) is 8. The van der Waals surface area contributed by atoms with Crippen LogP contribution in [0, 0.1) is 5.41 Å². The van der Waals surface area contributed by atoms with Crippen LogP contribution in [0.1, 0.15) is 121 Å². The molecule has 0 atom stereocenters. The molecule has 0 aliphatic rings. The van der Waals surface area contributed by atoms with Crippen molar-refractivity contribution in [2.24, 2.45) is 5.41 Å². The first-order valence-electron chi connectivity index (χ1n) is 20.6. The quantitative estimate of drug-likeness (QED) is 0.0225. The molecule has 58 heavy (non-hydrogen) atoms. The first-order valence-corrected chi connectivity index (χ1v) is 22.5. The summed E-state index contributed by atoms with van der Waals surface area (Å²) in [7, 11) is 0. The minimum absolute atomic E-state index is 0.0322. The summed E-state index contributed by atoms with van der Waals surface area (Å²) in [6.45, 7) is 31.1. The second kappa shape index (κ2) is 63.9. The molecule has 0 aromatic rings. The van der Waals surface area contributed by atoms with E-state index in [0.29, 0.717) is 43.5 Å². The lowest BCUT2D eigenvalue weighted by Crippen LogP contribution is -2.38. The highest BCUT2D eigenvalue weighted by molar-refractivity contribution is 7.80. The van der Waals surface area contributed by atoms with E-state index in [1.807, 2.05) is 48.5 Å². The van der Waals surface area contributed by atoms with E-state index in [4.69, 9.17) is 28.4 Å². The summed E-state index contributed by atoms with van der Waals surface area (Å²) in [5.41, 5.74) is -0.473. The van der Waals surface area contributed by atoms with Gasteiger partial charge in [0.1, 0.15) is 33.0 Å². The maximum Gasteiger partial charge on any atom is 0.330 e. The molecule has 0 aliphatic carbocycles. The van der Waals surface area contributed by atoms with E-state index in [1.165, 1.54) is 19.3 Å². The van der Waals surface area contributed by atoms with Crippen LogP contribution in [0.15, 0.2) is 25.3 Å². The van der Waals surface area contributed by atoms with E-state index in [1.54, 1.807) is 0 Å². The summed E-state index contributed by atoms with van der Waals surface area (Å²) in [6.07, 6.45) is 7.40. The lowest BCUT2D eigenvalue weighted by atomic mass is 9.88. The molecule has 0 saturated carbocycles. The fourth-order valence-corrected chi connectivity index (χ4v) is 3.38. The van der Waals surface area contributed by atoms with Crippen LogP contribution in [0.3, 0.4) is 0 Å². The molecule has 0 fully saturated rings. The SMILES string of the molecule is C=CC(=O)OCCOC(=O)C=C.CC.CC.CC.CCC.CCC(COCCOC(=O)CCS)(COCCOC(=O)CCS)COCCOC(=O)CCS.CCCC. The highest BCUT2D eigenvalue weighted by Crippen LogP contribution is 2.24. The Hall–Kier alpha value is -2.24. The van der Waals surface area contributed by atoms with Gasteiger partial charge in [-0.1, -0.05) is 109 Å². The Kier molecular flexibility index (Phi) is 77.5. The van der Waals surface area contributed by atoms with Crippen molar-refractivity contribution in [2.45, 2.75) is 121 Å². The lowest BCUT2D eigenvalue weighted by molar-refractivity contribution is -0.147. The van der Waals surface area contributed by atoms with Gasteiger partial charge in [0.25, 0.3) is 0 Å². The fraction of sp³-hybridized carbons (Fsp3) is 0.786. The number of carbonyl (C=O) groups excluding carboxylic acids is 5. The highest BCUT2D eigenvalue weighted by atomic mass is 32.1. The van der Waals surface area contributed by atoms with E-state index >= 15 is 0 Å². The standard InChI is InChI=1S/C21H38O9S3.C8H10O4.C4H10.C3H8.3C2H6/c1-2-21(15-25-6-9-28-18(22)3-12-31,16-26-7-10-29-19(23)4-13-32)17-27-8-11-30-20(24)5-14-33;1-3-7(9)11-5-6-12-8(10)4-2;1-3-4-2;1-3-2;3*1-2/h31-33H,2-17H2,1H3;3-4H,1-2,5-6H2;3-4H2,1-2H3;3H2,1-2H3;3*1-2H3. The molecule has 0 bridgehead atoms. The van der Waals surface area contributed by atoms with Crippen LogP contribution in [0.25, 0.3) is 0 Å². The maximum absolute atomic E-state index is 11.4. The molecule has 0 saturated heterocycles. The Morgan fingerprint density at radius 2 is 0.707 bits per heavy atom. The van der Waals surface area contributed by atoms with Gasteiger partial charge in [-0.2, -0.15) is 37.9 Å². The van der Waals surface area contributed by atoms with Gasteiger partial charge in [-0.3, -0.25) is 14.4 Å². The first kappa shape index (κ1) is 70.3. The summed E-state index contributed by atoms with van der Waals surface area (Å²) < 4.78 is 41.4. The van der Waals surface area contributed by atoms with E-state index < -0.39 is 17.4 Å². The van der Waals surface area contributed by atoms with Crippen molar-refractivity contribution in [3.63, 3.8) is 0 Å². The lowest BCUT2D eigenvalue weighted by Gasteiger charge is -2.32. The second-order valence-corrected chi connectivity index (χ2v) is 11.9. The van der Waals surface area contributed by atoms with Crippen molar-refractivity contribution in [3.8, 4) is 0 Å². The third kappa shape index (κ3) is 62.9. The predicted octanol–water partition coefficient (Wildman–Crippen LogP) is 8.77. The van der Waals surface area contributed by atoms with Crippen LogP contribution in [0.4, 0.5) is 0 Å². The topological polar surface area (TPSA) is 159 Å². The molecule has 13 nitrogen and oxygen atoms in total. The van der Waals surface area contributed by atoms with Crippen molar-refractivity contribution < 1.29 is 61.9 Å². The van der Waals surface area contributed by atoms with Gasteiger partial charge in [0.2, 0.25) is 0 Å². The van der Waals surface area contributed by atoms with E-state index in [9.17, 15) is 24.0 Å². The monoisotopic (exact) mass is 893 g/mol. The Bertz CT molecular complexity index is 814. The molecule has 0 aromatic carbocycles. The van der Waals surface area contributed by atoms with E-state index in [0.717, 1.165) is 12.2 Å². The minimum atomic E-state index is -0.537. The molecule has 0 spiro atoms. The van der Waals surface area contributed by atoms with Gasteiger partial charge in [-0.15, -0.1) is 0 Å². The third-order valence-electron chi connectivity index (χ3n) is 5.80. The highest BCUT2D eigenvalue weighted by Gasteiger charge is 2.30. The van der Waals surface area contributed by atoms with Gasteiger partial charge in [-0.25, -0.2) is 9.59 Å². The van der Waals surface area contributed by atoms with Crippen molar-refractivity contribution >= 4 is 67.7 Å². The largest absolute Gasteiger partial charge is 0.463 e. The first-order chi connectivity index (χ1) is 28.0. The van der Waals surface area contributed by atoms with Crippen molar-refractivity contribution in [2.75, 3.05) is 89.9 Å². The van der Waals surface area contributed by atoms with Gasteiger partial charge in [0.15, 0.2) is 0 Å². The minimum Gasteiger partial charge on any atom is -0.463 e. The molecule has 0 N–H and O–H groups in total. The molecule has 0 amide bonds. The summed E-state index contributed by atoms with van der Waals surface area (Å²) in [4.78, 5) is 55.0. The van der Waals surface area contributed by atoms with E-state index in [-0.39, 0.29) is 90.0 Å². The second-order valence-electron chi connectivity index (χ2n) is 10.5. The average molecular weight is 893 g/mol. The molecule has 0 rings (SSSR count). The number of thiol groups is 3. The molecule has 348 valence electrons. The Labute approximate surface area is 370 Å². The van der Waals surface area contributed by atoms with Crippen molar-refractivity contribution in [1.82, 2.24) is 0 Å². The number of esters is 5. The van der Waals surface area contributed by atoms with Crippen LogP contribution < -0.4 is 0 Å². The Balaban J connectivity index is -0.000000170. The van der Waals surface area contributed by atoms with Crippen LogP contribution in [0.2, 0.25) is 0 Å². The summed E-state index contributed by atoms with van der Waals surface area (Å²) in [5.74, 6) is -0.732. The third-order valence-corrected chi connectivity index (χ3v) is 6.47. The number of carbonyl (C=O) groups is 5. The molecule has 0 aromatic heterocycles. The summed E-state index contributed by atoms with van der Waals surface area (Å²) >= 11 is 12.0. The van der Waals surface area contributed by atoms with Crippen LogP contribution in [-0.2, 0) is 61.9 Å². The number of rotatable bonds is 28. The van der Waals surface area contributed by atoms with Gasteiger partial charge in [0.05, 0.1) is 58.9 Å². The summed E-state index contributed by atoms with van der Waals surface area (Å²) in [6, 6.07) is 0. The van der Waals surface area contributed by atoms with Gasteiger partial charge < -0.3 is 37.9 Å². The zero-order valence-electron chi connectivity index (χ0n) is 38.1. The average Bonchev–Trinajstić information content (AvgIpc) is 3.24. The maximum atomic E-state index is 11.4. The molecule has 0 aliphatic heterocycles. The zero-order valence-corrected chi connectivity index (χ0v) is 40.8. The smallest absolute Gasteiger partial charge is 0.330 e. The number of hydrogen-bond donors (Lipinski definition) is 3. The molecular weight excluding hydrogens is 809 g/mol. The Morgan fingerprint density at radius 3 is 0.897 bits per heavy atom. The van der Waals surface area contributed by atoms with Crippen LogP contribution in [-0.4, -0.2) is 120 Å². The molecule has 0 heterocycles. The fourth-order valence-electron chi connectivity index (χ4n) is 2.83. The predicted molar refractivity (Wildman–Crippen MR) is 246 cm³/mol. The van der Waals surface area contributed by atoms with Crippen molar-refractivity contribution in [1.29, 1.82) is 0 Å². The van der Waals surface area contributed by atoms with E-state index in [2.05, 4.69) is 88.2 Å². The zero-order chi connectivity index (χ0) is 46.3. The van der Waals surface area contributed by atoms with Crippen LogP contribution >= 0.6 is 37.9 Å².